The van der Waals surface area contributed by atoms with Crippen LogP contribution in [0.2, 0.25) is 0 Å². The van der Waals surface area contributed by atoms with Crippen LogP contribution in [0.5, 0.6) is 5.75 Å². The number of alkyl halides is 4. The number of ether oxygens (including phenoxy) is 1. The molecule has 2 aromatic rings. The minimum atomic E-state index is -2.97. The lowest BCUT2D eigenvalue weighted by atomic mass is 9.87. The zero-order valence-corrected chi connectivity index (χ0v) is 20.0. The number of halogens is 4. The third kappa shape index (κ3) is 6.77. The zero-order valence-electron chi connectivity index (χ0n) is 20.0. The summed E-state index contributed by atoms with van der Waals surface area (Å²) in [5.74, 6) is -1.04. The molecule has 0 aliphatic carbocycles. The molecule has 0 saturated carbocycles. The molecule has 1 N–H and O–H groups in total. The molecule has 0 aliphatic rings. The highest BCUT2D eigenvalue weighted by molar-refractivity contribution is 5.67. The second kappa shape index (κ2) is 10.5. The Kier molecular flexibility index (Phi) is 8.44. The minimum absolute atomic E-state index is 0.00944. The maximum absolute atomic E-state index is 13.7. The van der Waals surface area contributed by atoms with Crippen LogP contribution in [0.3, 0.4) is 0 Å². The van der Waals surface area contributed by atoms with E-state index in [2.05, 4.69) is 15.0 Å². The van der Waals surface area contributed by atoms with Gasteiger partial charge < -0.3 is 9.84 Å². The fourth-order valence-electron chi connectivity index (χ4n) is 4.19. The van der Waals surface area contributed by atoms with Crippen LogP contribution < -0.4 is 4.74 Å². The number of amides is 1. The van der Waals surface area contributed by atoms with Gasteiger partial charge >= 0.3 is 6.09 Å². The van der Waals surface area contributed by atoms with E-state index >= 15 is 0 Å². The van der Waals surface area contributed by atoms with Crippen LogP contribution in [0.25, 0.3) is 11.4 Å². The van der Waals surface area contributed by atoms with E-state index in [1.54, 1.807) is 34.6 Å². The normalized spacial score (nSPS) is 13.3. The Labute approximate surface area is 196 Å². The molecule has 34 heavy (non-hydrogen) atoms. The highest BCUT2D eigenvalue weighted by Crippen LogP contribution is 2.33. The van der Waals surface area contributed by atoms with Gasteiger partial charge in [-0.25, -0.2) is 37.3 Å². The number of nitrogens with zero attached hydrogens (tertiary/aromatic N) is 4. The van der Waals surface area contributed by atoms with E-state index in [4.69, 9.17) is 4.74 Å². The fraction of sp³-hybridized carbons (Fsp3) is 0.565. The molecule has 2 aromatic heterocycles. The van der Waals surface area contributed by atoms with Crippen molar-refractivity contribution in [3.63, 3.8) is 0 Å². The van der Waals surface area contributed by atoms with Crippen molar-refractivity contribution >= 4 is 6.09 Å². The molecule has 11 heteroatoms. The molecule has 2 rings (SSSR count). The molecular weight excluding hydrogens is 456 g/mol. The molecule has 0 fully saturated rings. The highest BCUT2D eigenvalue weighted by Gasteiger charge is 2.39. The summed E-state index contributed by atoms with van der Waals surface area (Å²) < 4.78 is 58.7. The largest absolute Gasteiger partial charge is 0.491 e. The van der Waals surface area contributed by atoms with Gasteiger partial charge in [-0.1, -0.05) is 6.92 Å². The minimum Gasteiger partial charge on any atom is -0.491 e. The molecule has 7 nitrogen and oxygen atoms in total. The lowest BCUT2D eigenvalue weighted by Gasteiger charge is -2.46. The first-order chi connectivity index (χ1) is 15.6. The summed E-state index contributed by atoms with van der Waals surface area (Å²) >= 11 is 0. The predicted octanol–water partition coefficient (Wildman–Crippen LogP) is 6.38. The van der Waals surface area contributed by atoms with Gasteiger partial charge in [0.1, 0.15) is 11.4 Å². The molecule has 0 bridgehead atoms. The summed E-state index contributed by atoms with van der Waals surface area (Å²) in [7, 11) is 0. The van der Waals surface area contributed by atoms with Crippen LogP contribution in [0.1, 0.15) is 72.3 Å². The molecule has 0 aromatic carbocycles. The molecule has 0 radical (unpaired) electrons. The maximum Gasteiger partial charge on any atom is 0.408 e. The van der Waals surface area contributed by atoms with Crippen molar-refractivity contribution in [3.05, 3.63) is 35.9 Å². The maximum atomic E-state index is 13.7. The Morgan fingerprint density at radius 2 is 1.65 bits per heavy atom. The first kappa shape index (κ1) is 27.3. The van der Waals surface area contributed by atoms with Gasteiger partial charge in [0.2, 0.25) is 0 Å². The molecule has 188 valence electrons. The lowest BCUT2D eigenvalue weighted by molar-refractivity contribution is 0.0185. The standard InChI is InChI=1S/C23H30F4N4O3/c1-13(11-23(5,6)31(21(32)33)22(2,3)4)12-34-16-8-7-14(29-17(16)18(24)25)15-9-10-28-20(30-15)19(26)27/h7-10,13,18-19H,11-12H2,1-6H3,(H,32,33)/t13-/m0/s1. The summed E-state index contributed by atoms with van der Waals surface area (Å²) in [5.41, 5.74) is -2.03. The van der Waals surface area contributed by atoms with Crippen LogP contribution in [0, 0.1) is 5.92 Å². The third-order valence-corrected chi connectivity index (χ3v) is 5.06. The third-order valence-electron chi connectivity index (χ3n) is 5.06. The average molecular weight is 487 g/mol. The van der Waals surface area contributed by atoms with Crippen LogP contribution in [0.4, 0.5) is 22.4 Å². The number of hydrogen-bond acceptors (Lipinski definition) is 5. The highest BCUT2D eigenvalue weighted by atomic mass is 19.3. The second-order valence-corrected chi connectivity index (χ2v) is 9.70. The van der Waals surface area contributed by atoms with Gasteiger partial charge in [-0.15, -0.1) is 0 Å². The molecule has 1 atom stereocenters. The molecule has 1 amide bonds. The molecule has 0 spiro atoms. The Morgan fingerprint density at radius 1 is 1.03 bits per heavy atom. The van der Waals surface area contributed by atoms with E-state index in [1.165, 1.54) is 23.1 Å². The Morgan fingerprint density at radius 3 is 2.18 bits per heavy atom. The summed E-state index contributed by atoms with van der Waals surface area (Å²) in [5, 5.41) is 9.68. The van der Waals surface area contributed by atoms with Crippen molar-refractivity contribution in [1.82, 2.24) is 19.9 Å². The quantitative estimate of drug-likeness (QED) is 0.414. The summed E-state index contributed by atoms with van der Waals surface area (Å²) in [4.78, 5) is 24.2. The monoisotopic (exact) mass is 486 g/mol. The summed E-state index contributed by atoms with van der Waals surface area (Å²) in [6.45, 7) is 10.9. The summed E-state index contributed by atoms with van der Waals surface area (Å²) in [6.07, 6.45) is -5.40. The topological polar surface area (TPSA) is 88.4 Å². The predicted molar refractivity (Wildman–Crippen MR) is 118 cm³/mol. The van der Waals surface area contributed by atoms with E-state index in [9.17, 15) is 27.5 Å². The van der Waals surface area contributed by atoms with Crippen molar-refractivity contribution in [1.29, 1.82) is 0 Å². The first-order valence-electron chi connectivity index (χ1n) is 10.7. The molecule has 2 heterocycles. The van der Waals surface area contributed by atoms with Crippen molar-refractivity contribution < 1.29 is 32.2 Å². The number of hydrogen-bond donors (Lipinski definition) is 1. The second-order valence-electron chi connectivity index (χ2n) is 9.70. The van der Waals surface area contributed by atoms with Gasteiger partial charge in [0.05, 0.1) is 18.0 Å². The van der Waals surface area contributed by atoms with Crippen LogP contribution >= 0.6 is 0 Å². The lowest BCUT2D eigenvalue weighted by Crippen LogP contribution is -2.57. The number of aromatic nitrogens is 3. The molecule has 0 unspecified atom stereocenters. The number of rotatable bonds is 9. The number of carbonyl (C=O) groups is 1. The molecule has 0 aliphatic heterocycles. The Balaban J connectivity index is 2.19. The van der Waals surface area contributed by atoms with Gasteiger partial charge in [0, 0.05) is 17.3 Å². The Hall–Kier alpha value is -2.98. The zero-order chi connectivity index (χ0) is 25.8. The van der Waals surface area contributed by atoms with E-state index in [0.717, 1.165) is 6.20 Å². The van der Waals surface area contributed by atoms with Crippen molar-refractivity contribution in [3.8, 4) is 17.1 Å². The number of pyridine rings is 1. The van der Waals surface area contributed by atoms with Gasteiger partial charge in [-0.3, -0.25) is 4.90 Å². The van der Waals surface area contributed by atoms with Crippen LogP contribution in [0.15, 0.2) is 24.4 Å². The van der Waals surface area contributed by atoms with Gasteiger partial charge in [0.25, 0.3) is 12.9 Å². The average Bonchev–Trinajstić information content (AvgIpc) is 2.70. The Bertz CT molecular complexity index is 996. The SMILES string of the molecule is C[C@H](COc1ccc(-c2ccnc(C(F)F)n2)nc1C(F)F)CC(C)(C)N(C(=O)O)C(C)(C)C. The number of carboxylic acid groups (broad SMARTS) is 1. The van der Waals surface area contributed by atoms with Gasteiger partial charge in [-0.2, -0.15) is 0 Å². The van der Waals surface area contributed by atoms with Crippen molar-refractivity contribution in [2.24, 2.45) is 5.92 Å². The summed E-state index contributed by atoms with van der Waals surface area (Å²) in [6, 6.07) is 3.96. The van der Waals surface area contributed by atoms with Crippen molar-refractivity contribution in [2.75, 3.05) is 6.61 Å². The van der Waals surface area contributed by atoms with Crippen LogP contribution in [-0.4, -0.2) is 48.7 Å². The molecule has 0 saturated heterocycles. The first-order valence-corrected chi connectivity index (χ1v) is 10.7. The smallest absolute Gasteiger partial charge is 0.408 e. The fourth-order valence-corrected chi connectivity index (χ4v) is 4.19. The van der Waals surface area contributed by atoms with E-state index in [1.807, 2.05) is 6.92 Å². The van der Waals surface area contributed by atoms with E-state index < -0.39 is 41.5 Å². The molecular formula is C23H30F4N4O3. The van der Waals surface area contributed by atoms with E-state index in [-0.39, 0.29) is 29.7 Å². The van der Waals surface area contributed by atoms with Crippen LogP contribution in [-0.2, 0) is 0 Å². The van der Waals surface area contributed by atoms with E-state index in [0.29, 0.717) is 6.42 Å². The van der Waals surface area contributed by atoms with Gasteiger partial charge in [0.15, 0.2) is 5.82 Å². The van der Waals surface area contributed by atoms with Gasteiger partial charge in [-0.05, 0) is 65.2 Å². The van der Waals surface area contributed by atoms with Crippen molar-refractivity contribution in [2.45, 2.75) is 71.9 Å².